The summed E-state index contributed by atoms with van der Waals surface area (Å²) >= 11 is 0. The number of rotatable bonds is 9. The normalized spacial score (nSPS) is 11.6. The standard InChI is InChI=1S/C25H34N6O.HI/c1-19-29-30-23(31(19)4)17-27-24(26-16-15-20-11-13-22(32-5)14-12-20)28-18-25(2,3)21-9-7-6-8-10-21;/h6-14H,15-18H2,1-5H3,(H2,26,27,28);1H. The van der Waals surface area contributed by atoms with Gasteiger partial charge in [-0.1, -0.05) is 56.3 Å². The first-order valence-electron chi connectivity index (χ1n) is 10.9. The van der Waals surface area contributed by atoms with Crippen LogP contribution in [0.25, 0.3) is 0 Å². The fourth-order valence-electron chi connectivity index (χ4n) is 3.33. The molecule has 0 fully saturated rings. The number of hydrogen-bond donors (Lipinski definition) is 2. The lowest BCUT2D eigenvalue weighted by Gasteiger charge is -2.27. The molecule has 0 unspecified atom stereocenters. The van der Waals surface area contributed by atoms with E-state index >= 15 is 0 Å². The highest BCUT2D eigenvalue weighted by Crippen LogP contribution is 2.21. The maximum Gasteiger partial charge on any atom is 0.191 e. The molecule has 0 radical (unpaired) electrons. The Morgan fingerprint density at radius 1 is 1.03 bits per heavy atom. The third kappa shape index (κ3) is 7.73. The lowest BCUT2D eigenvalue weighted by atomic mass is 9.85. The zero-order valence-corrected chi connectivity index (χ0v) is 22.5. The third-order valence-electron chi connectivity index (χ3n) is 5.68. The van der Waals surface area contributed by atoms with Crippen LogP contribution in [0.5, 0.6) is 5.75 Å². The maximum absolute atomic E-state index is 5.24. The third-order valence-corrected chi connectivity index (χ3v) is 5.68. The van der Waals surface area contributed by atoms with Crippen molar-refractivity contribution in [2.75, 3.05) is 20.2 Å². The van der Waals surface area contributed by atoms with Crippen LogP contribution in [0.1, 0.15) is 36.6 Å². The van der Waals surface area contributed by atoms with Crippen LogP contribution in [-0.4, -0.2) is 40.9 Å². The molecule has 0 spiro atoms. The lowest BCUT2D eigenvalue weighted by molar-refractivity contribution is 0.414. The van der Waals surface area contributed by atoms with E-state index < -0.39 is 0 Å². The molecule has 0 aliphatic heterocycles. The van der Waals surface area contributed by atoms with Gasteiger partial charge in [-0.15, -0.1) is 34.2 Å². The fraction of sp³-hybridized carbons (Fsp3) is 0.400. The van der Waals surface area contributed by atoms with E-state index in [1.165, 1.54) is 11.1 Å². The first-order valence-corrected chi connectivity index (χ1v) is 10.9. The molecule has 0 saturated carbocycles. The fourth-order valence-corrected chi connectivity index (χ4v) is 3.33. The number of guanidine groups is 1. The molecule has 178 valence electrons. The SMILES string of the molecule is COc1ccc(CCNC(=NCc2nnc(C)n2C)NCC(C)(C)c2ccccc2)cc1.I. The van der Waals surface area contributed by atoms with E-state index in [0.717, 1.165) is 42.9 Å². The Bertz CT molecular complexity index is 1020. The van der Waals surface area contributed by atoms with E-state index in [-0.39, 0.29) is 29.4 Å². The minimum absolute atomic E-state index is 0. The van der Waals surface area contributed by atoms with Crippen molar-refractivity contribution < 1.29 is 4.74 Å². The highest BCUT2D eigenvalue weighted by atomic mass is 127. The zero-order chi connectivity index (χ0) is 23.0. The summed E-state index contributed by atoms with van der Waals surface area (Å²) in [7, 11) is 3.64. The van der Waals surface area contributed by atoms with Crippen LogP contribution in [0, 0.1) is 6.92 Å². The summed E-state index contributed by atoms with van der Waals surface area (Å²) in [6, 6.07) is 18.7. The highest BCUT2D eigenvalue weighted by Gasteiger charge is 2.20. The van der Waals surface area contributed by atoms with Gasteiger partial charge < -0.3 is 19.9 Å². The second kappa shape index (κ2) is 12.6. The minimum Gasteiger partial charge on any atom is -0.497 e. The van der Waals surface area contributed by atoms with E-state index in [4.69, 9.17) is 9.73 Å². The predicted octanol–water partition coefficient (Wildman–Crippen LogP) is 4.01. The number of aryl methyl sites for hydroxylation is 1. The molecule has 7 nitrogen and oxygen atoms in total. The molecule has 1 heterocycles. The van der Waals surface area contributed by atoms with Gasteiger partial charge in [0, 0.05) is 25.6 Å². The van der Waals surface area contributed by atoms with Crippen LogP contribution >= 0.6 is 24.0 Å². The Morgan fingerprint density at radius 3 is 2.33 bits per heavy atom. The largest absolute Gasteiger partial charge is 0.497 e. The highest BCUT2D eigenvalue weighted by molar-refractivity contribution is 14.0. The number of benzene rings is 2. The molecule has 0 aliphatic rings. The molecule has 3 rings (SSSR count). The molecule has 8 heteroatoms. The molecular weight excluding hydrogens is 527 g/mol. The predicted molar refractivity (Wildman–Crippen MR) is 144 cm³/mol. The van der Waals surface area contributed by atoms with Gasteiger partial charge in [-0.05, 0) is 36.6 Å². The number of nitrogens with one attached hydrogen (secondary N) is 2. The molecule has 0 bridgehead atoms. The van der Waals surface area contributed by atoms with Gasteiger partial charge in [-0.25, -0.2) is 4.99 Å². The first kappa shape index (κ1) is 26.6. The van der Waals surface area contributed by atoms with Crippen molar-refractivity contribution in [2.24, 2.45) is 12.0 Å². The molecule has 3 aromatic rings. The van der Waals surface area contributed by atoms with E-state index in [0.29, 0.717) is 6.54 Å². The number of aliphatic imine (C=N–C) groups is 1. The summed E-state index contributed by atoms with van der Waals surface area (Å²) in [5, 5.41) is 15.3. The van der Waals surface area contributed by atoms with Crippen LogP contribution in [0.2, 0.25) is 0 Å². The van der Waals surface area contributed by atoms with Crippen LogP contribution in [0.3, 0.4) is 0 Å². The van der Waals surface area contributed by atoms with Crippen LogP contribution in [-0.2, 0) is 25.4 Å². The van der Waals surface area contributed by atoms with Crippen LogP contribution < -0.4 is 15.4 Å². The molecular formula is C25H35IN6O. The Kier molecular flexibility index (Phi) is 10.1. The molecule has 0 amide bonds. The van der Waals surface area contributed by atoms with Gasteiger partial charge in [0.1, 0.15) is 18.1 Å². The number of aromatic nitrogens is 3. The van der Waals surface area contributed by atoms with Crippen molar-refractivity contribution in [3.05, 3.63) is 77.4 Å². The van der Waals surface area contributed by atoms with E-state index in [2.05, 4.69) is 71.1 Å². The summed E-state index contributed by atoms with van der Waals surface area (Å²) in [5.74, 6) is 3.35. The number of nitrogens with zero attached hydrogens (tertiary/aromatic N) is 4. The summed E-state index contributed by atoms with van der Waals surface area (Å²) in [5.41, 5.74) is 2.49. The summed E-state index contributed by atoms with van der Waals surface area (Å²) in [6.45, 7) is 8.38. The molecule has 33 heavy (non-hydrogen) atoms. The number of ether oxygens (including phenoxy) is 1. The van der Waals surface area contributed by atoms with Crippen molar-refractivity contribution in [1.29, 1.82) is 0 Å². The van der Waals surface area contributed by atoms with Crippen molar-refractivity contribution in [3.63, 3.8) is 0 Å². The molecule has 0 atom stereocenters. The lowest BCUT2D eigenvalue weighted by Crippen LogP contribution is -2.44. The molecule has 0 aliphatic carbocycles. The van der Waals surface area contributed by atoms with Crippen molar-refractivity contribution in [2.45, 2.75) is 39.2 Å². The Balaban J connectivity index is 0.00000385. The van der Waals surface area contributed by atoms with Crippen LogP contribution in [0.15, 0.2) is 59.6 Å². The van der Waals surface area contributed by atoms with Gasteiger partial charge in [0.15, 0.2) is 11.8 Å². The van der Waals surface area contributed by atoms with Crippen molar-refractivity contribution >= 4 is 29.9 Å². The average molecular weight is 563 g/mol. The maximum atomic E-state index is 5.24. The second-order valence-corrected chi connectivity index (χ2v) is 8.52. The first-order chi connectivity index (χ1) is 15.4. The van der Waals surface area contributed by atoms with Gasteiger partial charge in [0.05, 0.1) is 7.11 Å². The number of methoxy groups -OCH3 is 1. The molecule has 0 saturated heterocycles. The Hall–Kier alpha value is -2.62. The molecule has 2 aromatic carbocycles. The summed E-state index contributed by atoms with van der Waals surface area (Å²) < 4.78 is 7.20. The van der Waals surface area contributed by atoms with Crippen molar-refractivity contribution in [1.82, 2.24) is 25.4 Å². The molecule has 2 N–H and O–H groups in total. The topological polar surface area (TPSA) is 76.4 Å². The van der Waals surface area contributed by atoms with Crippen LogP contribution in [0.4, 0.5) is 0 Å². The van der Waals surface area contributed by atoms with E-state index in [9.17, 15) is 0 Å². The van der Waals surface area contributed by atoms with Gasteiger partial charge in [-0.3, -0.25) is 0 Å². The Labute approximate surface area is 214 Å². The summed E-state index contributed by atoms with van der Waals surface area (Å²) in [6.07, 6.45) is 0.885. The number of halogens is 1. The van der Waals surface area contributed by atoms with E-state index in [1.54, 1.807) is 7.11 Å². The minimum atomic E-state index is -0.0406. The molecule has 1 aromatic heterocycles. The summed E-state index contributed by atoms with van der Waals surface area (Å²) in [4.78, 5) is 4.77. The monoisotopic (exact) mass is 562 g/mol. The zero-order valence-electron chi connectivity index (χ0n) is 20.1. The smallest absolute Gasteiger partial charge is 0.191 e. The van der Waals surface area contributed by atoms with Gasteiger partial charge in [0.25, 0.3) is 0 Å². The van der Waals surface area contributed by atoms with Crippen molar-refractivity contribution in [3.8, 4) is 5.75 Å². The number of hydrogen-bond acceptors (Lipinski definition) is 4. The van der Waals surface area contributed by atoms with E-state index in [1.807, 2.05) is 36.7 Å². The van der Waals surface area contributed by atoms with Gasteiger partial charge in [0.2, 0.25) is 0 Å². The van der Waals surface area contributed by atoms with Gasteiger partial charge in [-0.2, -0.15) is 0 Å². The average Bonchev–Trinajstić information content (AvgIpc) is 3.13. The second-order valence-electron chi connectivity index (χ2n) is 8.52. The van der Waals surface area contributed by atoms with Gasteiger partial charge >= 0.3 is 0 Å². The Morgan fingerprint density at radius 2 is 1.73 bits per heavy atom. The quantitative estimate of drug-likeness (QED) is 0.234.